The minimum atomic E-state index is 0.970. The SMILES string of the molecule is CCCCCC/C=C\C/C=C/CBr. The molecule has 0 N–H and O–H groups in total. The van der Waals surface area contributed by atoms with Crippen molar-refractivity contribution >= 4 is 15.9 Å². The molecule has 0 radical (unpaired) electrons. The van der Waals surface area contributed by atoms with E-state index >= 15 is 0 Å². The highest BCUT2D eigenvalue weighted by Crippen LogP contribution is 2.03. The predicted octanol–water partition coefficient (Wildman–Crippen LogP) is 4.85. The smallest absolute Gasteiger partial charge is 0.0212 e. The lowest BCUT2D eigenvalue weighted by atomic mass is 10.1. The van der Waals surface area contributed by atoms with Gasteiger partial charge >= 0.3 is 0 Å². The Morgan fingerprint density at radius 1 is 0.923 bits per heavy atom. The Labute approximate surface area is 91.2 Å². The van der Waals surface area contributed by atoms with Gasteiger partial charge in [0.25, 0.3) is 0 Å². The number of halogens is 1. The molecular weight excluding hydrogens is 224 g/mol. The molecule has 0 aromatic carbocycles. The average molecular weight is 245 g/mol. The summed E-state index contributed by atoms with van der Waals surface area (Å²) in [5.74, 6) is 0. The van der Waals surface area contributed by atoms with E-state index in [2.05, 4.69) is 47.2 Å². The number of rotatable bonds is 8. The highest BCUT2D eigenvalue weighted by Gasteiger charge is 1.83. The first-order valence-corrected chi connectivity index (χ1v) is 6.40. The van der Waals surface area contributed by atoms with Crippen molar-refractivity contribution in [3.8, 4) is 0 Å². The Kier molecular flexibility index (Phi) is 11.9. The van der Waals surface area contributed by atoms with E-state index in [9.17, 15) is 0 Å². The second-order valence-electron chi connectivity index (χ2n) is 3.18. The second-order valence-corrected chi connectivity index (χ2v) is 3.83. The van der Waals surface area contributed by atoms with Gasteiger partial charge in [-0.1, -0.05) is 66.4 Å². The van der Waals surface area contributed by atoms with E-state index in [1.54, 1.807) is 0 Å². The quantitative estimate of drug-likeness (QED) is 0.325. The van der Waals surface area contributed by atoms with Crippen molar-refractivity contribution in [3.05, 3.63) is 24.3 Å². The molecule has 0 unspecified atom stereocenters. The first-order valence-electron chi connectivity index (χ1n) is 5.27. The number of allylic oxidation sites excluding steroid dienone is 4. The van der Waals surface area contributed by atoms with Gasteiger partial charge in [0.2, 0.25) is 0 Å². The van der Waals surface area contributed by atoms with Gasteiger partial charge in [0.15, 0.2) is 0 Å². The third-order valence-corrected chi connectivity index (χ3v) is 2.29. The van der Waals surface area contributed by atoms with Crippen LogP contribution in [0.25, 0.3) is 0 Å². The molecule has 0 atom stereocenters. The maximum absolute atomic E-state index is 3.35. The molecule has 0 aliphatic carbocycles. The largest absolute Gasteiger partial charge is 0.0883 e. The van der Waals surface area contributed by atoms with Gasteiger partial charge in [0, 0.05) is 5.33 Å². The lowest BCUT2D eigenvalue weighted by Gasteiger charge is -1.93. The van der Waals surface area contributed by atoms with Crippen LogP contribution in [0.15, 0.2) is 24.3 Å². The highest BCUT2D eigenvalue weighted by molar-refractivity contribution is 9.09. The summed E-state index contributed by atoms with van der Waals surface area (Å²) >= 11 is 3.35. The van der Waals surface area contributed by atoms with Crippen LogP contribution in [0.3, 0.4) is 0 Å². The minimum Gasteiger partial charge on any atom is -0.0883 e. The molecule has 0 aliphatic rings. The van der Waals surface area contributed by atoms with Gasteiger partial charge in [0.1, 0.15) is 0 Å². The van der Waals surface area contributed by atoms with Gasteiger partial charge in [-0.2, -0.15) is 0 Å². The zero-order valence-electron chi connectivity index (χ0n) is 8.64. The van der Waals surface area contributed by atoms with Crippen molar-refractivity contribution in [2.24, 2.45) is 0 Å². The standard InChI is InChI=1S/C12H21Br/c1-2-3-4-5-6-7-8-9-10-11-12-13/h7-8,10-11H,2-6,9,12H2,1H3/b8-7-,11-10+. The van der Waals surface area contributed by atoms with Crippen molar-refractivity contribution in [3.63, 3.8) is 0 Å². The lowest BCUT2D eigenvalue weighted by molar-refractivity contribution is 0.674. The molecule has 0 aromatic rings. The summed E-state index contributed by atoms with van der Waals surface area (Å²) in [6, 6.07) is 0. The van der Waals surface area contributed by atoms with Gasteiger partial charge in [-0.25, -0.2) is 0 Å². The molecule has 0 saturated heterocycles. The molecule has 0 heterocycles. The molecule has 0 aromatic heterocycles. The van der Waals surface area contributed by atoms with Crippen LogP contribution in [0.5, 0.6) is 0 Å². The third-order valence-electron chi connectivity index (χ3n) is 1.92. The molecule has 0 bridgehead atoms. The van der Waals surface area contributed by atoms with Crippen molar-refractivity contribution < 1.29 is 0 Å². The second kappa shape index (κ2) is 12.0. The zero-order valence-corrected chi connectivity index (χ0v) is 10.2. The average Bonchev–Trinajstić information content (AvgIpc) is 2.16. The fraction of sp³-hybridized carbons (Fsp3) is 0.667. The van der Waals surface area contributed by atoms with Crippen LogP contribution >= 0.6 is 15.9 Å². The van der Waals surface area contributed by atoms with Crippen LogP contribution in [0, 0.1) is 0 Å². The van der Waals surface area contributed by atoms with E-state index < -0.39 is 0 Å². The normalized spacial score (nSPS) is 11.8. The summed E-state index contributed by atoms with van der Waals surface area (Å²) in [7, 11) is 0. The molecule has 0 spiro atoms. The summed E-state index contributed by atoms with van der Waals surface area (Å²) < 4.78 is 0. The number of hydrogen-bond acceptors (Lipinski definition) is 0. The Hall–Kier alpha value is -0.0400. The van der Waals surface area contributed by atoms with E-state index in [-0.39, 0.29) is 0 Å². The van der Waals surface area contributed by atoms with Gasteiger partial charge in [-0.15, -0.1) is 0 Å². The molecule has 76 valence electrons. The Morgan fingerprint density at radius 3 is 2.38 bits per heavy atom. The molecule has 0 amide bonds. The first kappa shape index (κ1) is 13.0. The summed E-state index contributed by atoms with van der Waals surface area (Å²) in [5, 5.41) is 0.970. The van der Waals surface area contributed by atoms with Gasteiger partial charge in [-0.3, -0.25) is 0 Å². The monoisotopic (exact) mass is 244 g/mol. The Balaban J connectivity index is 3.08. The molecular formula is C12H21Br. The first-order chi connectivity index (χ1) is 6.41. The van der Waals surface area contributed by atoms with Crippen LogP contribution in [-0.4, -0.2) is 5.33 Å². The fourth-order valence-corrected chi connectivity index (χ4v) is 1.41. The van der Waals surface area contributed by atoms with Crippen LogP contribution in [0.1, 0.15) is 45.4 Å². The number of hydrogen-bond donors (Lipinski definition) is 0. The van der Waals surface area contributed by atoms with Crippen LogP contribution in [0.4, 0.5) is 0 Å². The minimum absolute atomic E-state index is 0.970. The van der Waals surface area contributed by atoms with Crippen LogP contribution < -0.4 is 0 Å². The zero-order chi connectivity index (χ0) is 9.78. The maximum Gasteiger partial charge on any atom is 0.0212 e. The fourth-order valence-electron chi connectivity index (χ4n) is 1.14. The molecule has 0 rings (SSSR count). The molecule has 0 fully saturated rings. The van der Waals surface area contributed by atoms with E-state index in [1.165, 1.54) is 32.1 Å². The van der Waals surface area contributed by atoms with E-state index in [4.69, 9.17) is 0 Å². The van der Waals surface area contributed by atoms with Gasteiger partial charge in [0.05, 0.1) is 0 Å². The Bertz CT molecular complexity index is 136. The summed E-state index contributed by atoms with van der Waals surface area (Å²) in [5.41, 5.74) is 0. The number of alkyl halides is 1. The number of unbranched alkanes of at least 4 members (excludes halogenated alkanes) is 4. The van der Waals surface area contributed by atoms with Crippen molar-refractivity contribution in [1.82, 2.24) is 0 Å². The van der Waals surface area contributed by atoms with E-state index in [1.807, 2.05) is 0 Å². The third kappa shape index (κ3) is 12.0. The van der Waals surface area contributed by atoms with Gasteiger partial charge < -0.3 is 0 Å². The molecule has 0 saturated carbocycles. The highest BCUT2D eigenvalue weighted by atomic mass is 79.9. The summed E-state index contributed by atoms with van der Waals surface area (Å²) in [6.07, 6.45) is 16.7. The molecule has 13 heavy (non-hydrogen) atoms. The maximum atomic E-state index is 3.35. The topological polar surface area (TPSA) is 0 Å². The van der Waals surface area contributed by atoms with Gasteiger partial charge in [-0.05, 0) is 19.3 Å². The molecule has 1 heteroatoms. The molecule has 0 nitrogen and oxygen atoms in total. The van der Waals surface area contributed by atoms with Crippen molar-refractivity contribution in [1.29, 1.82) is 0 Å². The Morgan fingerprint density at radius 2 is 1.69 bits per heavy atom. The predicted molar refractivity (Wildman–Crippen MR) is 65.5 cm³/mol. The van der Waals surface area contributed by atoms with E-state index in [0.29, 0.717) is 0 Å². The lowest BCUT2D eigenvalue weighted by Crippen LogP contribution is -1.73. The van der Waals surface area contributed by atoms with E-state index in [0.717, 1.165) is 11.8 Å². The van der Waals surface area contributed by atoms with Crippen LogP contribution in [-0.2, 0) is 0 Å². The summed E-state index contributed by atoms with van der Waals surface area (Å²) in [4.78, 5) is 0. The van der Waals surface area contributed by atoms with Crippen molar-refractivity contribution in [2.45, 2.75) is 45.4 Å². The van der Waals surface area contributed by atoms with Crippen LogP contribution in [0.2, 0.25) is 0 Å². The summed E-state index contributed by atoms with van der Waals surface area (Å²) in [6.45, 7) is 2.25. The molecule has 0 aliphatic heterocycles. The van der Waals surface area contributed by atoms with Crippen molar-refractivity contribution in [2.75, 3.05) is 5.33 Å².